The van der Waals surface area contributed by atoms with Crippen molar-refractivity contribution < 1.29 is 4.42 Å². The molecule has 0 aliphatic heterocycles. The number of rotatable bonds is 0. The fraction of sp³-hybridized carbons (Fsp3) is 0. The molecule has 0 amide bonds. The fourth-order valence-corrected chi connectivity index (χ4v) is 0.498. The van der Waals surface area contributed by atoms with E-state index in [1.54, 1.807) is 0 Å². The molecule has 0 unspecified atom stereocenters. The van der Waals surface area contributed by atoms with Gasteiger partial charge in [-0.2, -0.15) is 4.52 Å². The number of nitrogens with zero attached hydrogens (tertiary/aromatic N) is 4. The summed E-state index contributed by atoms with van der Waals surface area (Å²) in [5.41, 5.74) is 0. The van der Waals surface area contributed by atoms with E-state index in [1.165, 1.54) is 17.2 Å². The molecule has 0 saturated carbocycles. The van der Waals surface area contributed by atoms with Crippen molar-refractivity contribution in [1.82, 2.24) is 19.8 Å². The molecule has 8 heavy (non-hydrogen) atoms. The van der Waals surface area contributed by atoms with Gasteiger partial charge in [-0.05, 0) is 0 Å². The molecule has 0 fully saturated rings. The molecule has 0 saturated heterocycles. The van der Waals surface area contributed by atoms with Crippen molar-refractivity contribution in [3.63, 3.8) is 0 Å². The van der Waals surface area contributed by atoms with Crippen LogP contribution in [-0.4, -0.2) is 19.8 Å². The van der Waals surface area contributed by atoms with Crippen LogP contribution in [0.5, 0.6) is 0 Å². The van der Waals surface area contributed by atoms with Gasteiger partial charge in [0.1, 0.15) is 6.33 Å². The Labute approximate surface area is 43.9 Å². The van der Waals surface area contributed by atoms with E-state index >= 15 is 0 Å². The Hall–Kier alpha value is -1.39. The van der Waals surface area contributed by atoms with Gasteiger partial charge in [0.05, 0.1) is 0 Å². The Balaban J connectivity index is 3.06. The summed E-state index contributed by atoms with van der Waals surface area (Å²) < 4.78 is 6.18. The lowest BCUT2D eigenvalue weighted by atomic mass is 11.2. The molecule has 0 aromatic carbocycles. The van der Waals surface area contributed by atoms with Gasteiger partial charge in [-0.15, -0.1) is 10.2 Å². The van der Waals surface area contributed by atoms with E-state index in [1.807, 2.05) is 0 Å². The third-order valence-electron chi connectivity index (χ3n) is 0.830. The van der Waals surface area contributed by atoms with Gasteiger partial charge in [-0.1, -0.05) is 5.10 Å². The van der Waals surface area contributed by atoms with Gasteiger partial charge in [0, 0.05) is 0 Å². The van der Waals surface area contributed by atoms with Crippen LogP contribution in [0.1, 0.15) is 0 Å². The summed E-state index contributed by atoms with van der Waals surface area (Å²) in [5, 5.41) is 10.8. The number of hydrogen-bond acceptors (Lipinski definition) is 4. The van der Waals surface area contributed by atoms with Gasteiger partial charge in [0.25, 0.3) is 0 Å². The normalized spacial score (nSPS) is 10.5. The van der Waals surface area contributed by atoms with Crippen LogP contribution < -0.4 is 0 Å². The van der Waals surface area contributed by atoms with Crippen molar-refractivity contribution in [3.05, 3.63) is 12.7 Å². The minimum Gasteiger partial charge on any atom is -0.409 e. The van der Waals surface area contributed by atoms with E-state index in [4.69, 9.17) is 4.42 Å². The Bertz CT molecular complexity index is 233. The quantitative estimate of drug-likeness (QED) is 0.468. The van der Waals surface area contributed by atoms with Crippen LogP contribution in [-0.2, 0) is 0 Å². The SMILES string of the molecule is c1nn2cnnc2o1. The van der Waals surface area contributed by atoms with Crippen molar-refractivity contribution in [2.75, 3.05) is 0 Å². The van der Waals surface area contributed by atoms with E-state index in [2.05, 4.69) is 15.3 Å². The van der Waals surface area contributed by atoms with Gasteiger partial charge in [-0.25, -0.2) is 0 Å². The first-order chi connectivity index (χ1) is 3.97. The van der Waals surface area contributed by atoms with Gasteiger partial charge in [0.2, 0.25) is 6.39 Å². The second-order valence-corrected chi connectivity index (χ2v) is 1.30. The lowest BCUT2D eigenvalue weighted by Crippen LogP contribution is -1.75. The summed E-state index contributed by atoms with van der Waals surface area (Å²) in [6, 6.07) is 0. The number of hydrogen-bond donors (Lipinski definition) is 0. The molecule has 0 atom stereocenters. The summed E-state index contributed by atoms with van der Waals surface area (Å²) in [4.78, 5) is 0. The zero-order chi connectivity index (χ0) is 5.40. The first-order valence-corrected chi connectivity index (χ1v) is 2.06. The second-order valence-electron chi connectivity index (χ2n) is 1.30. The zero-order valence-corrected chi connectivity index (χ0v) is 3.85. The van der Waals surface area contributed by atoms with Crippen molar-refractivity contribution >= 4 is 5.84 Å². The van der Waals surface area contributed by atoms with Gasteiger partial charge in [0.15, 0.2) is 0 Å². The van der Waals surface area contributed by atoms with E-state index in [0.29, 0.717) is 5.84 Å². The standard InChI is InChI=1S/C3H2N4O/c1-4-6-3-7(1)5-2-8-3/h1-2H. The Morgan fingerprint density at radius 3 is 3.50 bits per heavy atom. The van der Waals surface area contributed by atoms with E-state index in [-0.39, 0.29) is 0 Å². The minimum absolute atomic E-state index is 0.421. The lowest BCUT2D eigenvalue weighted by molar-refractivity contribution is 0.585. The molecule has 0 spiro atoms. The maximum atomic E-state index is 4.74. The van der Waals surface area contributed by atoms with Crippen LogP contribution >= 0.6 is 0 Å². The Morgan fingerprint density at radius 1 is 1.62 bits per heavy atom. The summed E-state index contributed by atoms with van der Waals surface area (Å²) in [5.74, 6) is 0.421. The molecule has 0 radical (unpaired) electrons. The van der Waals surface area contributed by atoms with Crippen molar-refractivity contribution in [3.8, 4) is 0 Å². The van der Waals surface area contributed by atoms with Crippen LogP contribution in [0.25, 0.3) is 5.84 Å². The summed E-state index contributed by atoms with van der Waals surface area (Å²) in [6.07, 6.45) is 2.78. The molecule has 40 valence electrons. The fourth-order valence-electron chi connectivity index (χ4n) is 0.498. The first-order valence-electron chi connectivity index (χ1n) is 2.06. The molecule has 0 aliphatic rings. The van der Waals surface area contributed by atoms with Gasteiger partial charge < -0.3 is 4.42 Å². The molecular formula is C3H2N4O. The molecule has 5 nitrogen and oxygen atoms in total. The van der Waals surface area contributed by atoms with Crippen molar-refractivity contribution in [1.29, 1.82) is 0 Å². The molecule has 2 aromatic heterocycles. The monoisotopic (exact) mass is 110 g/mol. The molecule has 2 heterocycles. The molecule has 5 heteroatoms. The summed E-state index contributed by atoms with van der Waals surface area (Å²) in [6.45, 7) is 0. The van der Waals surface area contributed by atoms with Gasteiger partial charge >= 0.3 is 5.84 Å². The van der Waals surface area contributed by atoms with Crippen molar-refractivity contribution in [2.24, 2.45) is 0 Å². The highest BCUT2D eigenvalue weighted by Gasteiger charge is 1.93. The molecular weight excluding hydrogens is 108 g/mol. The molecule has 2 rings (SSSR count). The second kappa shape index (κ2) is 1.06. The first kappa shape index (κ1) is 3.59. The molecule has 0 bridgehead atoms. The molecule has 2 aromatic rings. The van der Waals surface area contributed by atoms with Crippen LogP contribution in [0, 0.1) is 0 Å². The van der Waals surface area contributed by atoms with E-state index < -0.39 is 0 Å². The van der Waals surface area contributed by atoms with Crippen LogP contribution in [0.15, 0.2) is 17.1 Å². The minimum atomic E-state index is 0.421. The van der Waals surface area contributed by atoms with Crippen LogP contribution in [0.3, 0.4) is 0 Å². The topological polar surface area (TPSA) is 56.2 Å². The predicted octanol–water partition coefficient (Wildman–Crippen LogP) is -0.283. The zero-order valence-electron chi connectivity index (χ0n) is 3.85. The highest BCUT2D eigenvalue weighted by molar-refractivity contribution is 5.13. The largest absolute Gasteiger partial charge is 0.409 e. The average Bonchev–Trinajstić information content (AvgIpc) is 2.15. The highest BCUT2D eigenvalue weighted by Crippen LogP contribution is 1.91. The Kier molecular flexibility index (Phi) is 0.476. The maximum absolute atomic E-state index is 4.74. The smallest absolute Gasteiger partial charge is 0.344 e. The third kappa shape index (κ3) is 0.281. The van der Waals surface area contributed by atoms with Crippen LogP contribution in [0.2, 0.25) is 0 Å². The number of aromatic nitrogens is 4. The lowest BCUT2D eigenvalue weighted by Gasteiger charge is -1.64. The van der Waals surface area contributed by atoms with Gasteiger partial charge in [-0.3, -0.25) is 0 Å². The van der Waals surface area contributed by atoms with E-state index in [0.717, 1.165) is 0 Å². The van der Waals surface area contributed by atoms with Crippen LogP contribution in [0.4, 0.5) is 0 Å². The van der Waals surface area contributed by atoms with E-state index in [9.17, 15) is 0 Å². The highest BCUT2D eigenvalue weighted by atomic mass is 16.4. The molecule has 0 N–H and O–H groups in total. The van der Waals surface area contributed by atoms with Crippen molar-refractivity contribution in [2.45, 2.75) is 0 Å². The summed E-state index contributed by atoms with van der Waals surface area (Å²) >= 11 is 0. The number of fused-ring (bicyclic) bond motifs is 1. The summed E-state index contributed by atoms with van der Waals surface area (Å²) in [7, 11) is 0. The predicted molar refractivity (Wildman–Crippen MR) is 23.0 cm³/mol. The average molecular weight is 110 g/mol. The third-order valence-corrected chi connectivity index (χ3v) is 0.830. The Morgan fingerprint density at radius 2 is 2.62 bits per heavy atom. The molecule has 0 aliphatic carbocycles. The maximum Gasteiger partial charge on any atom is 0.344 e.